The van der Waals surface area contributed by atoms with E-state index in [1.807, 2.05) is 20.8 Å². The van der Waals surface area contributed by atoms with Gasteiger partial charge < -0.3 is 14.2 Å². The summed E-state index contributed by atoms with van der Waals surface area (Å²) in [6, 6.07) is 14.6. The van der Waals surface area contributed by atoms with Gasteiger partial charge in [0.2, 0.25) is 11.6 Å². The molecule has 0 bridgehead atoms. The van der Waals surface area contributed by atoms with Crippen molar-refractivity contribution >= 4 is 21.7 Å². The lowest BCUT2D eigenvalue weighted by Crippen LogP contribution is -2.26. The van der Waals surface area contributed by atoms with Crippen LogP contribution in [0.2, 0.25) is 0 Å². The number of hydroxylamine groups is 1. The van der Waals surface area contributed by atoms with Crippen molar-refractivity contribution < 1.29 is 32.6 Å². The number of carbonyl (C=O) groups is 1. The third-order valence-corrected chi connectivity index (χ3v) is 6.96. The van der Waals surface area contributed by atoms with Crippen LogP contribution in [-0.2, 0) is 20.2 Å². The molecular formula is C27H28N6O7S. The third kappa shape index (κ3) is 7.04. The minimum atomic E-state index is -4.22. The SMILES string of the molecule is COc1ccccc1Oc1c(NS(=O)(=O)c2ccc(C(C)(C)C)cc2)nc(-c2ncccn2)nc1OCC(=O)NO. The molecule has 2 heterocycles. The minimum Gasteiger partial charge on any atom is -0.493 e. The molecule has 4 rings (SSSR count). The molecule has 0 fully saturated rings. The van der Waals surface area contributed by atoms with Gasteiger partial charge in [-0.3, -0.25) is 14.7 Å². The first-order valence-corrected chi connectivity index (χ1v) is 13.7. The number of hydrogen-bond donors (Lipinski definition) is 3. The van der Waals surface area contributed by atoms with Gasteiger partial charge in [-0.1, -0.05) is 45.0 Å². The molecule has 14 heteroatoms. The summed E-state index contributed by atoms with van der Waals surface area (Å²) in [6.07, 6.45) is 2.90. The number of rotatable bonds is 10. The molecule has 41 heavy (non-hydrogen) atoms. The fourth-order valence-electron chi connectivity index (χ4n) is 3.50. The van der Waals surface area contributed by atoms with E-state index < -0.39 is 22.5 Å². The van der Waals surface area contributed by atoms with Gasteiger partial charge in [-0.2, -0.15) is 4.98 Å². The number of carbonyl (C=O) groups excluding carboxylic acids is 1. The van der Waals surface area contributed by atoms with E-state index in [9.17, 15) is 13.2 Å². The number of amides is 1. The van der Waals surface area contributed by atoms with Gasteiger partial charge in [0.05, 0.1) is 12.0 Å². The van der Waals surface area contributed by atoms with Crippen LogP contribution >= 0.6 is 0 Å². The lowest BCUT2D eigenvalue weighted by molar-refractivity contribution is -0.131. The Labute approximate surface area is 236 Å². The third-order valence-electron chi connectivity index (χ3n) is 5.61. The Hall–Kier alpha value is -4.82. The minimum absolute atomic E-state index is 0.0352. The Morgan fingerprint density at radius 2 is 1.59 bits per heavy atom. The van der Waals surface area contributed by atoms with E-state index in [1.54, 1.807) is 42.5 Å². The standard InChI is InChI=1S/C27H28N6O7S/c1-27(2,3)17-10-12-18(13-11-17)41(36,37)33-23-22(40-20-9-6-5-8-19(20)38-4)26(39-16-21(34)32-35)31-25(30-23)24-28-14-7-15-29-24/h5-15,35H,16H2,1-4H3,(H,32,34)(H,30,31,33). The van der Waals surface area contributed by atoms with Crippen LogP contribution in [0.1, 0.15) is 26.3 Å². The predicted molar refractivity (Wildman–Crippen MR) is 148 cm³/mol. The van der Waals surface area contributed by atoms with Gasteiger partial charge in [-0.25, -0.2) is 28.8 Å². The second kappa shape index (κ2) is 12.1. The summed E-state index contributed by atoms with van der Waals surface area (Å²) in [6.45, 7) is 5.36. The maximum Gasteiger partial charge on any atom is 0.281 e. The smallest absolute Gasteiger partial charge is 0.281 e. The molecule has 2 aromatic carbocycles. The van der Waals surface area contributed by atoms with Crippen LogP contribution in [0.25, 0.3) is 11.6 Å². The number of aromatic nitrogens is 4. The Morgan fingerprint density at radius 1 is 0.927 bits per heavy atom. The van der Waals surface area contributed by atoms with Gasteiger partial charge >= 0.3 is 0 Å². The molecule has 1 amide bonds. The molecule has 214 valence electrons. The zero-order valence-corrected chi connectivity index (χ0v) is 23.5. The highest BCUT2D eigenvalue weighted by Gasteiger charge is 2.27. The summed E-state index contributed by atoms with van der Waals surface area (Å²) in [5.41, 5.74) is 2.21. The van der Waals surface area contributed by atoms with Gasteiger partial charge in [0, 0.05) is 12.4 Å². The highest BCUT2D eigenvalue weighted by atomic mass is 32.2. The molecule has 3 N–H and O–H groups in total. The van der Waals surface area contributed by atoms with E-state index in [-0.39, 0.29) is 45.2 Å². The molecule has 0 unspecified atom stereocenters. The monoisotopic (exact) mass is 580 g/mol. The average molecular weight is 581 g/mol. The Kier molecular flexibility index (Phi) is 8.64. The van der Waals surface area contributed by atoms with Gasteiger partial charge in [-0.05, 0) is 41.3 Å². The summed E-state index contributed by atoms with van der Waals surface area (Å²) in [5.74, 6) is -1.44. The molecule has 0 saturated heterocycles. The molecule has 0 radical (unpaired) electrons. The summed E-state index contributed by atoms with van der Waals surface area (Å²) in [7, 11) is -2.79. The second-order valence-electron chi connectivity index (χ2n) is 9.56. The Morgan fingerprint density at radius 3 is 2.20 bits per heavy atom. The van der Waals surface area contributed by atoms with Crippen molar-refractivity contribution in [1.29, 1.82) is 0 Å². The highest BCUT2D eigenvalue weighted by Crippen LogP contribution is 2.41. The lowest BCUT2D eigenvalue weighted by atomic mass is 9.87. The first-order valence-electron chi connectivity index (χ1n) is 12.2. The number of nitrogens with one attached hydrogen (secondary N) is 2. The first-order chi connectivity index (χ1) is 19.5. The Balaban J connectivity index is 1.87. The number of sulfonamides is 1. The van der Waals surface area contributed by atoms with E-state index in [1.165, 1.54) is 37.1 Å². The predicted octanol–water partition coefficient (Wildman–Crippen LogP) is 3.72. The fourth-order valence-corrected chi connectivity index (χ4v) is 4.51. The number of ether oxygens (including phenoxy) is 3. The molecule has 13 nitrogen and oxygen atoms in total. The number of benzene rings is 2. The van der Waals surface area contributed by atoms with Crippen molar-refractivity contribution in [2.24, 2.45) is 0 Å². The summed E-state index contributed by atoms with van der Waals surface area (Å²) in [5, 5.41) is 8.95. The van der Waals surface area contributed by atoms with E-state index in [0.717, 1.165) is 5.56 Å². The number of hydrogen-bond acceptors (Lipinski definition) is 11. The largest absolute Gasteiger partial charge is 0.493 e. The van der Waals surface area contributed by atoms with Crippen molar-refractivity contribution in [3.05, 3.63) is 72.6 Å². The zero-order chi connectivity index (χ0) is 29.6. The molecular weight excluding hydrogens is 552 g/mol. The molecule has 0 aliphatic rings. The fraction of sp³-hybridized carbons (Fsp3) is 0.222. The van der Waals surface area contributed by atoms with E-state index in [0.29, 0.717) is 5.75 Å². The van der Waals surface area contributed by atoms with Crippen molar-refractivity contribution in [2.45, 2.75) is 31.1 Å². The van der Waals surface area contributed by atoms with Gasteiger partial charge in [0.25, 0.3) is 21.8 Å². The van der Waals surface area contributed by atoms with Crippen LogP contribution < -0.4 is 24.4 Å². The number of anilines is 1. The maximum atomic E-state index is 13.5. The van der Waals surface area contributed by atoms with E-state index in [2.05, 4.69) is 24.7 Å². The van der Waals surface area contributed by atoms with Crippen molar-refractivity contribution in [3.63, 3.8) is 0 Å². The number of methoxy groups -OCH3 is 1. The molecule has 4 aromatic rings. The number of para-hydroxylation sites is 2. The van der Waals surface area contributed by atoms with Gasteiger partial charge in [-0.15, -0.1) is 0 Å². The van der Waals surface area contributed by atoms with Gasteiger partial charge in [0.1, 0.15) is 0 Å². The molecule has 0 atom stereocenters. The average Bonchev–Trinajstić information content (AvgIpc) is 2.97. The topological polar surface area (TPSA) is 175 Å². The molecule has 2 aromatic heterocycles. The quantitative estimate of drug-likeness (QED) is 0.184. The normalized spacial score (nSPS) is 11.4. The zero-order valence-electron chi connectivity index (χ0n) is 22.7. The number of nitrogens with zero attached hydrogens (tertiary/aromatic N) is 4. The van der Waals surface area contributed by atoms with Gasteiger partial charge in [0.15, 0.2) is 29.7 Å². The Bertz CT molecular complexity index is 1630. The van der Waals surface area contributed by atoms with E-state index >= 15 is 0 Å². The van der Waals surface area contributed by atoms with Crippen molar-refractivity contribution in [2.75, 3.05) is 18.4 Å². The van der Waals surface area contributed by atoms with Crippen LogP contribution in [0.15, 0.2) is 71.9 Å². The summed E-state index contributed by atoms with van der Waals surface area (Å²) >= 11 is 0. The summed E-state index contributed by atoms with van der Waals surface area (Å²) in [4.78, 5) is 28.6. The summed E-state index contributed by atoms with van der Waals surface area (Å²) < 4.78 is 46.4. The maximum absolute atomic E-state index is 13.5. The van der Waals surface area contributed by atoms with Crippen LogP contribution in [0.3, 0.4) is 0 Å². The van der Waals surface area contributed by atoms with Crippen molar-refractivity contribution in [3.8, 4) is 34.8 Å². The van der Waals surface area contributed by atoms with E-state index in [4.69, 9.17) is 19.4 Å². The van der Waals surface area contributed by atoms with Crippen LogP contribution in [0.4, 0.5) is 5.82 Å². The lowest BCUT2D eigenvalue weighted by Gasteiger charge is -2.20. The molecule has 0 aliphatic carbocycles. The van der Waals surface area contributed by atoms with Crippen molar-refractivity contribution in [1.82, 2.24) is 25.4 Å². The van der Waals surface area contributed by atoms with Crippen LogP contribution in [0.5, 0.6) is 23.1 Å². The highest BCUT2D eigenvalue weighted by molar-refractivity contribution is 7.92. The molecule has 0 saturated carbocycles. The second-order valence-corrected chi connectivity index (χ2v) is 11.2. The molecule has 0 aliphatic heterocycles. The van der Waals surface area contributed by atoms with Crippen LogP contribution in [0, 0.1) is 0 Å². The molecule has 0 spiro atoms. The van der Waals surface area contributed by atoms with Crippen LogP contribution in [-0.4, -0.2) is 53.2 Å². The first kappa shape index (κ1) is 29.2.